The van der Waals surface area contributed by atoms with Gasteiger partial charge in [0.05, 0.1) is 5.69 Å². The number of β-amino-alcohol motifs (C(OH)–C–C–N with tert-alkyl or cyclic N) is 1. The summed E-state index contributed by atoms with van der Waals surface area (Å²) in [7, 11) is 0. The number of hydrogen-bond acceptors (Lipinski definition) is 5. The molecule has 1 heterocycles. The third-order valence-electron chi connectivity index (χ3n) is 6.12. The molecule has 6 nitrogen and oxygen atoms in total. The molecule has 0 aromatic heterocycles. The molecule has 32 heavy (non-hydrogen) atoms. The predicted molar refractivity (Wildman–Crippen MR) is 121 cm³/mol. The normalized spacial score (nSPS) is 19.9. The molecule has 1 amide bonds. The fourth-order valence-corrected chi connectivity index (χ4v) is 4.06. The summed E-state index contributed by atoms with van der Waals surface area (Å²) in [6, 6.07) is 11.7. The lowest BCUT2D eigenvalue weighted by molar-refractivity contribution is -0.122. The molecule has 1 saturated carbocycles. The van der Waals surface area contributed by atoms with Gasteiger partial charge in [0.1, 0.15) is 36.1 Å². The van der Waals surface area contributed by atoms with Gasteiger partial charge in [-0.2, -0.15) is 0 Å². The van der Waals surface area contributed by atoms with Crippen LogP contribution in [0.5, 0.6) is 11.5 Å². The van der Waals surface area contributed by atoms with Gasteiger partial charge in [-0.25, -0.2) is 4.39 Å². The van der Waals surface area contributed by atoms with E-state index >= 15 is 0 Å². The molecule has 2 fully saturated rings. The maximum Gasteiger partial charge on any atom is 0.227 e. The second-order valence-electron chi connectivity index (χ2n) is 8.82. The molecule has 1 aliphatic heterocycles. The van der Waals surface area contributed by atoms with Crippen LogP contribution in [0.2, 0.25) is 0 Å². The molecule has 2 aliphatic rings. The monoisotopic (exact) mass is 442 g/mol. The number of hydrogen-bond donors (Lipinski definition) is 2. The summed E-state index contributed by atoms with van der Waals surface area (Å²) in [6.07, 6.45) is 3.17. The zero-order valence-corrected chi connectivity index (χ0v) is 18.4. The van der Waals surface area contributed by atoms with Gasteiger partial charge in [0.15, 0.2) is 0 Å². The van der Waals surface area contributed by atoms with E-state index in [1.54, 1.807) is 12.1 Å². The van der Waals surface area contributed by atoms with Crippen LogP contribution < -0.4 is 14.8 Å². The van der Waals surface area contributed by atoms with Gasteiger partial charge < -0.3 is 19.9 Å². The quantitative estimate of drug-likeness (QED) is 0.619. The molecule has 2 aromatic carbocycles. The molecule has 0 spiro atoms. The van der Waals surface area contributed by atoms with Crippen LogP contribution in [0.3, 0.4) is 0 Å². The highest BCUT2D eigenvalue weighted by Crippen LogP contribution is 2.31. The number of aliphatic hydroxyl groups is 1. The minimum absolute atomic E-state index is 0.0127. The highest BCUT2D eigenvalue weighted by molar-refractivity contribution is 5.94. The van der Waals surface area contributed by atoms with Gasteiger partial charge >= 0.3 is 0 Å². The number of carbonyl (C=O) groups excluding carboxylic acids is 1. The van der Waals surface area contributed by atoms with E-state index in [2.05, 4.69) is 10.2 Å². The van der Waals surface area contributed by atoms with Crippen LogP contribution in [0, 0.1) is 18.7 Å². The molecule has 172 valence electrons. The van der Waals surface area contributed by atoms with Crippen LogP contribution in [-0.2, 0) is 4.79 Å². The van der Waals surface area contributed by atoms with Crippen LogP contribution in [0.1, 0.15) is 31.2 Å². The van der Waals surface area contributed by atoms with E-state index in [4.69, 9.17) is 9.47 Å². The molecule has 4 rings (SSSR count). The number of ether oxygens (including phenoxy) is 2. The van der Waals surface area contributed by atoms with Gasteiger partial charge in [-0.05, 0) is 68.1 Å². The number of nitrogens with one attached hydrogen (secondary N) is 1. The van der Waals surface area contributed by atoms with Crippen LogP contribution in [-0.4, -0.2) is 54.4 Å². The minimum atomic E-state index is -0.671. The SMILES string of the molecule is Cc1ccc(NC(=O)C2CCC2)c(OCC(O)CN2CCC(Oc3ccc(F)cc3)C2)c1. The fraction of sp³-hybridized carbons (Fsp3) is 0.480. The summed E-state index contributed by atoms with van der Waals surface area (Å²) in [5.74, 6) is 1.08. The second kappa shape index (κ2) is 10.3. The molecule has 2 unspecified atom stereocenters. The minimum Gasteiger partial charge on any atom is -0.489 e. The van der Waals surface area contributed by atoms with Crippen molar-refractivity contribution in [2.75, 3.05) is 31.6 Å². The molecular weight excluding hydrogens is 411 g/mol. The van der Waals surface area contributed by atoms with Crippen molar-refractivity contribution in [2.45, 2.75) is 44.8 Å². The zero-order chi connectivity index (χ0) is 22.5. The number of nitrogens with zero attached hydrogens (tertiary/aromatic N) is 1. The van der Waals surface area contributed by atoms with E-state index < -0.39 is 6.10 Å². The fourth-order valence-electron chi connectivity index (χ4n) is 4.06. The Balaban J connectivity index is 1.25. The first-order valence-corrected chi connectivity index (χ1v) is 11.3. The number of likely N-dealkylation sites (tertiary alicyclic amines) is 1. The summed E-state index contributed by atoms with van der Waals surface area (Å²) in [6.45, 7) is 4.08. The van der Waals surface area contributed by atoms with Crippen molar-refractivity contribution in [3.63, 3.8) is 0 Å². The summed E-state index contributed by atoms with van der Waals surface area (Å²) < 4.78 is 24.8. The maximum atomic E-state index is 13.0. The predicted octanol–water partition coefficient (Wildman–Crippen LogP) is 3.77. The highest BCUT2D eigenvalue weighted by atomic mass is 19.1. The smallest absolute Gasteiger partial charge is 0.227 e. The molecular formula is C25H31FN2O4. The van der Waals surface area contributed by atoms with E-state index in [9.17, 15) is 14.3 Å². The van der Waals surface area contributed by atoms with Crippen molar-refractivity contribution >= 4 is 11.6 Å². The second-order valence-corrected chi connectivity index (χ2v) is 8.82. The van der Waals surface area contributed by atoms with Crippen molar-refractivity contribution in [3.05, 3.63) is 53.8 Å². The lowest BCUT2D eigenvalue weighted by atomic mass is 9.85. The number of benzene rings is 2. The van der Waals surface area contributed by atoms with Crippen molar-refractivity contribution in [3.8, 4) is 11.5 Å². The van der Waals surface area contributed by atoms with Gasteiger partial charge in [0, 0.05) is 25.6 Å². The first-order valence-electron chi connectivity index (χ1n) is 11.3. The van der Waals surface area contributed by atoms with Gasteiger partial charge in [-0.1, -0.05) is 12.5 Å². The van der Waals surface area contributed by atoms with Crippen LogP contribution in [0.4, 0.5) is 10.1 Å². The molecule has 0 bridgehead atoms. The molecule has 2 aromatic rings. The standard InChI is InChI=1S/C25H31FN2O4/c1-17-5-10-23(27-25(30)18-3-2-4-18)24(13-17)31-16-20(29)14-28-12-11-22(15-28)32-21-8-6-19(26)7-9-21/h5-10,13,18,20,22,29H,2-4,11-12,14-16H2,1H3,(H,27,30). The number of anilines is 1. The van der Waals surface area contributed by atoms with Gasteiger partial charge in [0.2, 0.25) is 5.91 Å². The van der Waals surface area contributed by atoms with E-state index in [-0.39, 0.29) is 30.4 Å². The third kappa shape index (κ3) is 5.99. The topological polar surface area (TPSA) is 71.0 Å². The number of aliphatic hydroxyl groups excluding tert-OH is 1. The number of aryl methyl sites for hydroxylation is 1. The number of carbonyl (C=O) groups is 1. The Morgan fingerprint density at radius 3 is 2.72 bits per heavy atom. The molecule has 2 N–H and O–H groups in total. The Labute approximate surface area is 188 Å². The van der Waals surface area contributed by atoms with E-state index in [0.717, 1.165) is 37.8 Å². The van der Waals surface area contributed by atoms with Gasteiger partial charge in [-0.15, -0.1) is 0 Å². The van der Waals surface area contributed by atoms with Crippen LogP contribution in [0.25, 0.3) is 0 Å². The first kappa shape index (κ1) is 22.6. The van der Waals surface area contributed by atoms with Gasteiger partial charge in [-0.3, -0.25) is 9.69 Å². The maximum absolute atomic E-state index is 13.0. The van der Waals surface area contributed by atoms with Crippen molar-refractivity contribution in [2.24, 2.45) is 5.92 Å². The molecule has 7 heteroatoms. The lowest BCUT2D eigenvalue weighted by Gasteiger charge is -2.25. The summed E-state index contributed by atoms with van der Waals surface area (Å²) in [5.41, 5.74) is 1.67. The lowest BCUT2D eigenvalue weighted by Crippen LogP contribution is -2.35. The summed E-state index contributed by atoms with van der Waals surface area (Å²) in [4.78, 5) is 14.5. The summed E-state index contributed by atoms with van der Waals surface area (Å²) in [5, 5.41) is 13.5. The Morgan fingerprint density at radius 1 is 1.22 bits per heavy atom. The number of rotatable bonds is 9. The van der Waals surface area contributed by atoms with E-state index in [0.29, 0.717) is 30.3 Å². The molecule has 0 radical (unpaired) electrons. The average Bonchev–Trinajstić information content (AvgIpc) is 3.15. The first-order chi connectivity index (χ1) is 15.5. The van der Waals surface area contributed by atoms with Crippen molar-refractivity contribution in [1.82, 2.24) is 4.90 Å². The Morgan fingerprint density at radius 2 is 2.00 bits per heavy atom. The Hall–Kier alpha value is -2.64. The third-order valence-corrected chi connectivity index (χ3v) is 6.12. The summed E-state index contributed by atoms with van der Waals surface area (Å²) >= 11 is 0. The van der Waals surface area contributed by atoms with E-state index in [1.807, 2.05) is 25.1 Å². The molecule has 1 aliphatic carbocycles. The van der Waals surface area contributed by atoms with Crippen molar-refractivity contribution in [1.29, 1.82) is 0 Å². The zero-order valence-electron chi connectivity index (χ0n) is 18.4. The Kier molecular flexibility index (Phi) is 7.27. The number of halogens is 1. The van der Waals surface area contributed by atoms with E-state index in [1.165, 1.54) is 12.1 Å². The molecule has 1 saturated heterocycles. The molecule has 2 atom stereocenters. The van der Waals surface area contributed by atoms with Gasteiger partial charge in [0.25, 0.3) is 0 Å². The van der Waals surface area contributed by atoms with Crippen molar-refractivity contribution < 1.29 is 23.8 Å². The highest BCUT2D eigenvalue weighted by Gasteiger charge is 2.27. The van der Waals surface area contributed by atoms with Crippen LogP contribution >= 0.6 is 0 Å². The average molecular weight is 443 g/mol. The van der Waals surface area contributed by atoms with Crippen LogP contribution in [0.15, 0.2) is 42.5 Å². The number of amides is 1. The largest absolute Gasteiger partial charge is 0.489 e. The Bertz CT molecular complexity index is 917.